The molecule has 0 amide bonds. The van der Waals surface area contributed by atoms with Gasteiger partial charge in [0.25, 0.3) is 0 Å². The maximum Gasteiger partial charge on any atom is 0.142 e. The predicted molar refractivity (Wildman–Crippen MR) is 98.5 cm³/mol. The summed E-state index contributed by atoms with van der Waals surface area (Å²) < 4.78 is 6.71. The molecule has 2 aromatic rings. The molecular formula is C19H17BrClNO. The Morgan fingerprint density at radius 2 is 2.04 bits per heavy atom. The molecule has 118 valence electrons. The Hall–Kier alpha value is -1.45. The first-order valence-corrected chi connectivity index (χ1v) is 8.92. The number of methoxy groups -OCH3 is 1. The predicted octanol–water partition coefficient (Wildman–Crippen LogP) is 5.94. The van der Waals surface area contributed by atoms with Crippen LogP contribution >= 0.6 is 27.5 Å². The number of nitrogens with one attached hydrogen (secondary N) is 1. The minimum atomic E-state index is 0.227. The molecule has 2 aromatic carbocycles. The zero-order chi connectivity index (χ0) is 16.0. The minimum absolute atomic E-state index is 0.227. The first kappa shape index (κ1) is 15.1. The molecule has 4 rings (SSSR count). The lowest BCUT2D eigenvalue weighted by molar-refractivity contribution is 0.397. The summed E-state index contributed by atoms with van der Waals surface area (Å²) in [7, 11) is 1.70. The van der Waals surface area contributed by atoms with Crippen molar-refractivity contribution in [3.63, 3.8) is 0 Å². The molecule has 1 aliphatic heterocycles. The van der Waals surface area contributed by atoms with Crippen LogP contribution in [0.15, 0.2) is 53.0 Å². The van der Waals surface area contributed by atoms with Gasteiger partial charge in [-0.3, -0.25) is 0 Å². The highest BCUT2D eigenvalue weighted by Gasteiger charge is 2.40. The molecule has 0 fully saturated rings. The SMILES string of the molecule is COc1ccc(Cl)c2c1N[C@@H](c1ccccc1Br)[C@H]1CC=C[C@H]21. The second-order valence-corrected chi connectivity index (χ2v) is 7.30. The van der Waals surface area contributed by atoms with E-state index in [0.29, 0.717) is 11.8 Å². The Morgan fingerprint density at radius 1 is 1.22 bits per heavy atom. The van der Waals surface area contributed by atoms with Crippen LogP contribution in [0.2, 0.25) is 5.02 Å². The molecule has 3 atom stereocenters. The van der Waals surface area contributed by atoms with E-state index in [1.54, 1.807) is 7.11 Å². The first-order valence-electron chi connectivity index (χ1n) is 7.74. The lowest BCUT2D eigenvalue weighted by Crippen LogP contribution is -2.29. The van der Waals surface area contributed by atoms with E-state index in [1.807, 2.05) is 18.2 Å². The third kappa shape index (κ3) is 2.38. The Balaban J connectivity index is 1.88. The maximum atomic E-state index is 6.52. The summed E-state index contributed by atoms with van der Waals surface area (Å²) in [5, 5.41) is 4.51. The van der Waals surface area contributed by atoms with Gasteiger partial charge in [0.1, 0.15) is 5.75 Å². The number of rotatable bonds is 2. The second-order valence-electron chi connectivity index (χ2n) is 6.04. The summed E-state index contributed by atoms with van der Waals surface area (Å²) in [5.41, 5.74) is 3.46. The number of anilines is 1. The molecule has 23 heavy (non-hydrogen) atoms. The van der Waals surface area contributed by atoms with E-state index in [0.717, 1.165) is 32.9 Å². The zero-order valence-electron chi connectivity index (χ0n) is 12.7. The summed E-state index contributed by atoms with van der Waals surface area (Å²) in [4.78, 5) is 0. The van der Waals surface area contributed by atoms with E-state index in [1.165, 1.54) is 5.56 Å². The van der Waals surface area contributed by atoms with Gasteiger partial charge in [-0.15, -0.1) is 0 Å². The molecule has 0 saturated carbocycles. The summed E-state index contributed by atoms with van der Waals surface area (Å²) in [6.07, 6.45) is 5.61. The normalized spacial score (nSPS) is 24.7. The Labute approximate surface area is 149 Å². The largest absolute Gasteiger partial charge is 0.495 e. The van der Waals surface area contributed by atoms with Crippen molar-refractivity contribution < 1.29 is 4.74 Å². The fourth-order valence-corrected chi connectivity index (χ4v) is 4.66. The van der Waals surface area contributed by atoms with E-state index >= 15 is 0 Å². The Kier molecular flexibility index (Phi) is 3.86. The number of ether oxygens (including phenoxy) is 1. The highest BCUT2D eigenvalue weighted by atomic mass is 79.9. The molecular weight excluding hydrogens is 374 g/mol. The molecule has 0 saturated heterocycles. The number of hydrogen-bond donors (Lipinski definition) is 1. The van der Waals surface area contributed by atoms with E-state index in [4.69, 9.17) is 16.3 Å². The molecule has 0 bridgehead atoms. The molecule has 1 aliphatic carbocycles. The van der Waals surface area contributed by atoms with E-state index in [-0.39, 0.29) is 6.04 Å². The number of hydrogen-bond acceptors (Lipinski definition) is 2. The van der Waals surface area contributed by atoms with Crippen LogP contribution in [0.1, 0.15) is 29.5 Å². The highest BCUT2D eigenvalue weighted by molar-refractivity contribution is 9.10. The quantitative estimate of drug-likeness (QED) is 0.641. The van der Waals surface area contributed by atoms with Gasteiger partial charge in [-0.05, 0) is 36.1 Å². The van der Waals surface area contributed by atoms with Crippen LogP contribution in [-0.2, 0) is 0 Å². The van der Waals surface area contributed by atoms with Crippen molar-refractivity contribution >= 4 is 33.2 Å². The van der Waals surface area contributed by atoms with Crippen LogP contribution in [0.4, 0.5) is 5.69 Å². The number of allylic oxidation sites excluding steroid dienone is 2. The maximum absolute atomic E-state index is 6.52. The number of fused-ring (bicyclic) bond motifs is 3. The molecule has 2 aliphatic rings. The van der Waals surface area contributed by atoms with Crippen LogP contribution in [0.5, 0.6) is 5.75 Å². The third-order valence-corrected chi connectivity index (χ3v) is 5.94. The average Bonchev–Trinajstić information content (AvgIpc) is 3.04. The first-order chi connectivity index (χ1) is 11.2. The molecule has 0 spiro atoms. The van der Waals surface area contributed by atoms with E-state index in [9.17, 15) is 0 Å². The van der Waals surface area contributed by atoms with Gasteiger partial charge in [-0.1, -0.05) is 57.9 Å². The van der Waals surface area contributed by atoms with Gasteiger partial charge in [0.05, 0.1) is 18.8 Å². The average molecular weight is 391 g/mol. The van der Waals surface area contributed by atoms with Crippen LogP contribution < -0.4 is 10.1 Å². The fourth-order valence-electron chi connectivity index (χ4n) is 3.84. The highest BCUT2D eigenvalue weighted by Crippen LogP contribution is 2.54. The summed E-state index contributed by atoms with van der Waals surface area (Å²) in [5.74, 6) is 1.64. The second kappa shape index (κ2) is 5.88. The lowest BCUT2D eigenvalue weighted by atomic mass is 9.77. The Bertz CT molecular complexity index is 789. The topological polar surface area (TPSA) is 21.3 Å². The van der Waals surface area contributed by atoms with Gasteiger partial charge in [0.15, 0.2) is 0 Å². The number of halogens is 2. The van der Waals surface area contributed by atoms with Gasteiger partial charge in [-0.25, -0.2) is 0 Å². The molecule has 0 radical (unpaired) electrons. The summed E-state index contributed by atoms with van der Waals surface area (Å²) in [6, 6.07) is 12.5. The zero-order valence-corrected chi connectivity index (χ0v) is 15.1. The summed E-state index contributed by atoms with van der Waals surface area (Å²) in [6.45, 7) is 0. The van der Waals surface area contributed by atoms with Crippen molar-refractivity contribution in [2.45, 2.75) is 18.4 Å². The van der Waals surface area contributed by atoms with Crippen LogP contribution in [0.3, 0.4) is 0 Å². The van der Waals surface area contributed by atoms with Crippen LogP contribution in [-0.4, -0.2) is 7.11 Å². The van der Waals surface area contributed by atoms with Gasteiger partial charge in [0.2, 0.25) is 0 Å². The van der Waals surface area contributed by atoms with Gasteiger partial charge >= 0.3 is 0 Å². The van der Waals surface area contributed by atoms with Crippen molar-refractivity contribution in [3.8, 4) is 5.75 Å². The lowest BCUT2D eigenvalue weighted by Gasteiger charge is -2.39. The van der Waals surface area contributed by atoms with Crippen molar-refractivity contribution in [2.24, 2.45) is 5.92 Å². The van der Waals surface area contributed by atoms with E-state index in [2.05, 4.69) is 51.6 Å². The molecule has 1 N–H and O–H groups in total. The standard InChI is InChI=1S/C19H17BrClNO/c1-23-16-10-9-15(21)17-11-6-4-7-12(11)18(22-19(16)17)13-5-2-3-8-14(13)20/h2-6,8-12,18,22H,7H2,1H3/t11-,12-,18+/m0/s1. The van der Waals surface area contributed by atoms with E-state index < -0.39 is 0 Å². The van der Waals surface area contributed by atoms with Gasteiger partial charge < -0.3 is 10.1 Å². The van der Waals surface area contributed by atoms with Gasteiger partial charge in [0, 0.05) is 21.0 Å². The van der Waals surface area contributed by atoms with Crippen molar-refractivity contribution in [1.82, 2.24) is 0 Å². The smallest absolute Gasteiger partial charge is 0.142 e. The van der Waals surface area contributed by atoms with Crippen molar-refractivity contribution in [3.05, 3.63) is 69.2 Å². The molecule has 2 nitrogen and oxygen atoms in total. The molecule has 0 aromatic heterocycles. The fraction of sp³-hybridized carbons (Fsp3) is 0.263. The van der Waals surface area contributed by atoms with Gasteiger partial charge in [-0.2, -0.15) is 0 Å². The third-order valence-electron chi connectivity index (χ3n) is 4.89. The van der Waals surface area contributed by atoms with Crippen LogP contribution in [0.25, 0.3) is 0 Å². The minimum Gasteiger partial charge on any atom is -0.495 e. The van der Waals surface area contributed by atoms with Crippen molar-refractivity contribution in [2.75, 3.05) is 12.4 Å². The monoisotopic (exact) mass is 389 g/mol. The van der Waals surface area contributed by atoms with Crippen LogP contribution in [0, 0.1) is 5.92 Å². The summed E-state index contributed by atoms with van der Waals surface area (Å²) >= 11 is 10.2. The molecule has 1 heterocycles. The molecule has 0 unspecified atom stereocenters. The Morgan fingerprint density at radius 3 is 2.83 bits per heavy atom. The molecule has 4 heteroatoms. The number of benzene rings is 2. The van der Waals surface area contributed by atoms with Crippen molar-refractivity contribution in [1.29, 1.82) is 0 Å².